The van der Waals surface area contributed by atoms with E-state index in [-0.39, 0.29) is 18.2 Å². The summed E-state index contributed by atoms with van der Waals surface area (Å²) in [5.41, 5.74) is 7.11. The van der Waals surface area contributed by atoms with Gasteiger partial charge in [-0.1, -0.05) is 42.8 Å². The molecule has 112 valence electrons. The highest BCUT2D eigenvalue weighted by molar-refractivity contribution is 5.89. The molecule has 3 heteroatoms. The van der Waals surface area contributed by atoms with Crippen LogP contribution in [0.4, 0.5) is 0 Å². The van der Waals surface area contributed by atoms with Crippen LogP contribution in [-0.2, 0) is 0 Å². The summed E-state index contributed by atoms with van der Waals surface area (Å²) < 4.78 is 6.24. The lowest BCUT2D eigenvalue weighted by Crippen LogP contribution is -2.35. The second-order valence-electron chi connectivity index (χ2n) is 6.00. The van der Waals surface area contributed by atoms with Gasteiger partial charge < -0.3 is 15.6 Å². The van der Waals surface area contributed by atoms with E-state index < -0.39 is 0 Å². The lowest BCUT2D eigenvalue weighted by Gasteiger charge is -2.30. The van der Waals surface area contributed by atoms with Gasteiger partial charge in [0.2, 0.25) is 0 Å². The van der Waals surface area contributed by atoms with E-state index >= 15 is 0 Å². The van der Waals surface area contributed by atoms with E-state index in [1.165, 1.54) is 0 Å². The summed E-state index contributed by atoms with van der Waals surface area (Å²) in [6, 6.07) is 12.2. The van der Waals surface area contributed by atoms with Crippen LogP contribution in [0.1, 0.15) is 44.2 Å². The molecule has 0 radical (unpaired) electrons. The highest BCUT2D eigenvalue weighted by Gasteiger charge is 2.26. The van der Waals surface area contributed by atoms with Gasteiger partial charge in [-0.2, -0.15) is 0 Å². The van der Waals surface area contributed by atoms with Gasteiger partial charge in [0.1, 0.15) is 11.9 Å². The van der Waals surface area contributed by atoms with Gasteiger partial charge in [0.05, 0.1) is 6.10 Å². The van der Waals surface area contributed by atoms with Crippen molar-refractivity contribution in [1.29, 1.82) is 0 Å². The smallest absolute Gasteiger partial charge is 0.132 e. The molecule has 0 aliphatic heterocycles. The molecule has 1 aliphatic carbocycles. The second kappa shape index (κ2) is 6.04. The molecule has 2 aromatic carbocycles. The minimum absolute atomic E-state index is 0.0923. The van der Waals surface area contributed by atoms with Crippen LogP contribution < -0.4 is 10.5 Å². The third-order valence-electron chi connectivity index (χ3n) is 4.34. The predicted molar refractivity (Wildman–Crippen MR) is 85.4 cm³/mol. The number of aliphatic hydroxyl groups is 1. The molecule has 21 heavy (non-hydrogen) atoms. The van der Waals surface area contributed by atoms with Crippen molar-refractivity contribution in [3.63, 3.8) is 0 Å². The van der Waals surface area contributed by atoms with E-state index in [0.29, 0.717) is 0 Å². The van der Waals surface area contributed by atoms with E-state index in [0.717, 1.165) is 47.8 Å². The SMILES string of the molecule is C[C@@H](N)c1ccc2ccccc2c1OC1CCCCC1O. The fourth-order valence-corrected chi connectivity index (χ4v) is 3.12. The maximum absolute atomic E-state index is 10.2. The molecule has 0 saturated heterocycles. The molecule has 0 aromatic heterocycles. The number of aliphatic hydroxyl groups excluding tert-OH is 1. The number of hydrogen-bond donors (Lipinski definition) is 2. The number of fused-ring (bicyclic) bond motifs is 1. The van der Waals surface area contributed by atoms with Gasteiger partial charge in [0.25, 0.3) is 0 Å². The number of hydrogen-bond acceptors (Lipinski definition) is 3. The third-order valence-corrected chi connectivity index (χ3v) is 4.34. The summed E-state index contributed by atoms with van der Waals surface area (Å²) >= 11 is 0. The van der Waals surface area contributed by atoms with Crippen molar-refractivity contribution >= 4 is 10.8 Å². The van der Waals surface area contributed by atoms with E-state index in [1.807, 2.05) is 25.1 Å². The van der Waals surface area contributed by atoms with E-state index in [4.69, 9.17) is 10.5 Å². The maximum Gasteiger partial charge on any atom is 0.132 e. The van der Waals surface area contributed by atoms with Crippen LogP contribution >= 0.6 is 0 Å². The Hall–Kier alpha value is -1.58. The first-order valence-corrected chi connectivity index (χ1v) is 7.79. The monoisotopic (exact) mass is 285 g/mol. The van der Waals surface area contributed by atoms with E-state index in [9.17, 15) is 5.11 Å². The van der Waals surface area contributed by atoms with Gasteiger partial charge in [0.15, 0.2) is 0 Å². The molecule has 0 spiro atoms. The Balaban J connectivity index is 2.03. The zero-order valence-corrected chi connectivity index (χ0v) is 12.5. The molecular formula is C18H23NO2. The highest BCUT2D eigenvalue weighted by atomic mass is 16.5. The Labute approximate surface area is 125 Å². The van der Waals surface area contributed by atoms with Crippen LogP contribution in [-0.4, -0.2) is 17.3 Å². The minimum atomic E-state index is -0.376. The zero-order chi connectivity index (χ0) is 14.8. The van der Waals surface area contributed by atoms with Gasteiger partial charge in [-0.05, 0) is 31.6 Å². The summed E-state index contributed by atoms with van der Waals surface area (Å²) in [6.07, 6.45) is 3.42. The largest absolute Gasteiger partial charge is 0.487 e. The molecule has 1 aliphatic rings. The number of ether oxygens (including phenoxy) is 1. The maximum atomic E-state index is 10.2. The minimum Gasteiger partial charge on any atom is -0.487 e. The standard InChI is InChI=1S/C18H23NO2/c1-12(19)14-11-10-13-6-2-3-7-15(13)18(14)21-17-9-5-4-8-16(17)20/h2-3,6-7,10-12,16-17,20H,4-5,8-9,19H2,1H3/t12-,16?,17?/m1/s1. The molecule has 2 aromatic rings. The van der Waals surface area contributed by atoms with Crippen molar-refractivity contribution in [2.75, 3.05) is 0 Å². The van der Waals surface area contributed by atoms with E-state index in [2.05, 4.69) is 18.2 Å². The van der Waals surface area contributed by atoms with Crippen LogP contribution in [0, 0.1) is 0 Å². The predicted octanol–water partition coefficient (Wildman–Crippen LogP) is 3.54. The molecule has 2 unspecified atom stereocenters. The number of benzene rings is 2. The first kappa shape index (κ1) is 14.4. The van der Waals surface area contributed by atoms with Crippen molar-refractivity contribution in [3.05, 3.63) is 42.0 Å². The Bertz CT molecular complexity index is 624. The van der Waals surface area contributed by atoms with Gasteiger partial charge in [0, 0.05) is 17.0 Å². The summed E-state index contributed by atoms with van der Waals surface area (Å²) in [7, 11) is 0. The molecule has 1 saturated carbocycles. The summed E-state index contributed by atoms with van der Waals surface area (Å²) in [5, 5.41) is 12.4. The molecule has 3 atom stereocenters. The van der Waals surface area contributed by atoms with Crippen molar-refractivity contribution in [3.8, 4) is 5.75 Å². The first-order chi connectivity index (χ1) is 10.2. The molecule has 1 fully saturated rings. The third kappa shape index (κ3) is 2.89. The quantitative estimate of drug-likeness (QED) is 0.907. The van der Waals surface area contributed by atoms with Crippen LogP contribution in [0.5, 0.6) is 5.75 Å². The Kier molecular flexibility index (Phi) is 4.13. The number of nitrogens with two attached hydrogens (primary N) is 1. The second-order valence-corrected chi connectivity index (χ2v) is 6.00. The Morgan fingerprint density at radius 3 is 2.67 bits per heavy atom. The molecule has 0 heterocycles. The fourth-order valence-electron chi connectivity index (χ4n) is 3.12. The van der Waals surface area contributed by atoms with Gasteiger partial charge in [-0.3, -0.25) is 0 Å². The van der Waals surface area contributed by atoms with Crippen molar-refractivity contribution < 1.29 is 9.84 Å². The topological polar surface area (TPSA) is 55.5 Å². The van der Waals surface area contributed by atoms with Crippen LogP contribution in [0.15, 0.2) is 36.4 Å². The average molecular weight is 285 g/mol. The molecule has 3 nitrogen and oxygen atoms in total. The lowest BCUT2D eigenvalue weighted by atomic mass is 9.94. The average Bonchev–Trinajstić information content (AvgIpc) is 2.49. The van der Waals surface area contributed by atoms with Crippen molar-refractivity contribution in [2.24, 2.45) is 5.73 Å². The van der Waals surface area contributed by atoms with Crippen LogP contribution in [0.25, 0.3) is 10.8 Å². The first-order valence-electron chi connectivity index (χ1n) is 7.79. The Morgan fingerprint density at radius 2 is 1.90 bits per heavy atom. The van der Waals surface area contributed by atoms with E-state index in [1.54, 1.807) is 0 Å². The molecule has 3 rings (SSSR count). The van der Waals surface area contributed by atoms with Crippen molar-refractivity contribution in [1.82, 2.24) is 0 Å². The van der Waals surface area contributed by atoms with Crippen molar-refractivity contribution in [2.45, 2.75) is 50.9 Å². The Morgan fingerprint density at radius 1 is 1.14 bits per heavy atom. The fraction of sp³-hybridized carbons (Fsp3) is 0.444. The summed E-state index contributed by atoms with van der Waals surface area (Å²) in [4.78, 5) is 0. The lowest BCUT2D eigenvalue weighted by molar-refractivity contribution is 0.00710. The molecular weight excluding hydrogens is 262 g/mol. The highest BCUT2D eigenvalue weighted by Crippen LogP contribution is 2.35. The van der Waals surface area contributed by atoms with Crippen LogP contribution in [0.2, 0.25) is 0 Å². The van der Waals surface area contributed by atoms with Crippen LogP contribution in [0.3, 0.4) is 0 Å². The normalized spacial score (nSPS) is 24.0. The molecule has 0 bridgehead atoms. The molecule has 0 amide bonds. The van der Waals surface area contributed by atoms with Gasteiger partial charge in [-0.25, -0.2) is 0 Å². The zero-order valence-electron chi connectivity index (χ0n) is 12.5. The molecule has 3 N–H and O–H groups in total. The van der Waals surface area contributed by atoms with Gasteiger partial charge in [-0.15, -0.1) is 0 Å². The summed E-state index contributed by atoms with van der Waals surface area (Å²) in [6.45, 7) is 1.97. The summed E-state index contributed by atoms with van der Waals surface area (Å²) in [5.74, 6) is 0.842. The number of rotatable bonds is 3. The van der Waals surface area contributed by atoms with Gasteiger partial charge >= 0.3 is 0 Å².